The third-order valence-corrected chi connectivity index (χ3v) is 4.86. The molecule has 3 amide bonds. The van der Waals surface area contributed by atoms with Crippen molar-refractivity contribution in [3.63, 3.8) is 0 Å². The highest BCUT2D eigenvalue weighted by Gasteiger charge is 2.36. The van der Waals surface area contributed by atoms with Gasteiger partial charge in [-0.15, -0.1) is 0 Å². The molecule has 0 aromatic heterocycles. The van der Waals surface area contributed by atoms with E-state index in [0.717, 1.165) is 12.0 Å². The fourth-order valence-corrected chi connectivity index (χ4v) is 3.19. The molecule has 0 bridgehead atoms. The van der Waals surface area contributed by atoms with Crippen molar-refractivity contribution in [3.05, 3.63) is 42.0 Å². The predicted octanol–water partition coefficient (Wildman–Crippen LogP) is 2.17. The standard InChI is InChI=1S/C25H37N3O7/c1-7-9-13-28(23(32)19(16-29)27-24(33)35-25(3,4)5)21(22(31)26-15-20(30)34-6)18-12-10-11-17(8-2)14-18/h8,10-12,14,19,21,29H,2,7,9,13,15-16H2,1,3-6H3,(H,26,31)(H,27,33). The molecule has 10 nitrogen and oxygen atoms in total. The van der Waals surface area contributed by atoms with Gasteiger partial charge in [0.2, 0.25) is 11.8 Å². The summed E-state index contributed by atoms with van der Waals surface area (Å²) in [5.41, 5.74) is 0.390. The summed E-state index contributed by atoms with van der Waals surface area (Å²) in [7, 11) is 1.20. The minimum atomic E-state index is -1.35. The van der Waals surface area contributed by atoms with Crippen molar-refractivity contribution in [1.29, 1.82) is 0 Å². The number of esters is 1. The Labute approximate surface area is 206 Å². The maximum absolute atomic E-state index is 13.6. The molecule has 0 aliphatic heterocycles. The molecule has 0 saturated heterocycles. The fourth-order valence-electron chi connectivity index (χ4n) is 3.19. The molecule has 1 aromatic carbocycles. The maximum atomic E-state index is 13.6. The van der Waals surface area contributed by atoms with Gasteiger partial charge in [0.1, 0.15) is 24.2 Å². The van der Waals surface area contributed by atoms with Gasteiger partial charge < -0.3 is 30.1 Å². The normalized spacial score (nSPS) is 12.6. The summed E-state index contributed by atoms with van der Waals surface area (Å²) < 4.78 is 9.80. The fraction of sp³-hybridized carbons (Fsp3) is 0.520. The van der Waals surface area contributed by atoms with Gasteiger partial charge in [0.25, 0.3) is 0 Å². The Bertz CT molecular complexity index is 895. The number of carbonyl (C=O) groups is 4. The van der Waals surface area contributed by atoms with Crippen LogP contribution in [0.25, 0.3) is 6.08 Å². The van der Waals surface area contributed by atoms with Crippen LogP contribution in [-0.4, -0.2) is 72.3 Å². The number of unbranched alkanes of at least 4 members (excludes halogenated alkanes) is 1. The van der Waals surface area contributed by atoms with Crippen LogP contribution in [0.15, 0.2) is 30.8 Å². The van der Waals surface area contributed by atoms with Crippen molar-refractivity contribution in [2.45, 2.75) is 58.2 Å². The first-order valence-corrected chi connectivity index (χ1v) is 11.4. The minimum absolute atomic E-state index is 0.163. The van der Waals surface area contributed by atoms with Gasteiger partial charge in [-0.25, -0.2) is 4.79 Å². The van der Waals surface area contributed by atoms with Gasteiger partial charge in [-0.05, 0) is 44.4 Å². The van der Waals surface area contributed by atoms with E-state index in [1.54, 1.807) is 51.1 Å². The summed E-state index contributed by atoms with van der Waals surface area (Å²) in [6.07, 6.45) is 2.00. The average molecular weight is 492 g/mol. The quantitative estimate of drug-likeness (QED) is 0.382. The monoisotopic (exact) mass is 491 g/mol. The summed E-state index contributed by atoms with van der Waals surface area (Å²) in [6, 6.07) is 4.40. The summed E-state index contributed by atoms with van der Waals surface area (Å²) in [5, 5.41) is 14.8. The molecule has 0 aliphatic carbocycles. The number of methoxy groups -OCH3 is 1. The van der Waals surface area contributed by atoms with E-state index in [0.29, 0.717) is 12.0 Å². The highest BCUT2D eigenvalue weighted by molar-refractivity contribution is 5.93. The van der Waals surface area contributed by atoms with E-state index < -0.39 is 48.2 Å². The lowest BCUT2D eigenvalue weighted by atomic mass is 10.00. The van der Waals surface area contributed by atoms with Gasteiger partial charge >= 0.3 is 12.1 Å². The van der Waals surface area contributed by atoms with Crippen LogP contribution in [0, 0.1) is 0 Å². The lowest BCUT2D eigenvalue weighted by Crippen LogP contribution is -2.54. The van der Waals surface area contributed by atoms with Crippen molar-refractivity contribution < 1.29 is 33.8 Å². The van der Waals surface area contributed by atoms with E-state index in [4.69, 9.17) is 4.74 Å². The number of benzene rings is 1. The lowest BCUT2D eigenvalue weighted by molar-refractivity contribution is -0.145. The van der Waals surface area contributed by atoms with Crippen LogP contribution in [0.1, 0.15) is 57.7 Å². The molecule has 0 radical (unpaired) electrons. The first-order chi connectivity index (χ1) is 16.5. The van der Waals surface area contributed by atoms with Crippen molar-refractivity contribution >= 4 is 30.0 Å². The Morgan fingerprint density at radius 1 is 1.23 bits per heavy atom. The van der Waals surface area contributed by atoms with Crippen molar-refractivity contribution in [1.82, 2.24) is 15.5 Å². The van der Waals surface area contributed by atoms with Gasteiger partial charge in [-0.2, -0.15) is 0 Å². The number of aliphatic hydroxyl groups is 1. The molecule has 2 atom stereocenters. The molecule has 0 saturated carbocycles. The van der Waals surface area contributed by atoms with Crippen LogP contribution in [0.2, 0.25) is 0 Å². The van der Waals surface area contributed by atoms with E-state index in [1.807, 2.05) is 6.92 Å². The Hall–Kier alpha value is -3.40. The highest BCUT2D eigenvalue weighted by atomic mass is 16.6. The Balaban J connectivity index is 3.40. The van der Waals surface area contributed by atoms with Gasteiger partial charge in [0.05, 0.1) is 13.7 Å². The zero-order valence-corrected chi connectivity index (χ0v) is 21.1. The number of carbonyl (C=O) groups excluding carboxylic acids is 4. The Morgan fingerprint density at radius 2 is 1.91 bits per heavy atom. The molecule has 1 rings (SSSR count). The predicted molar refractivity (Wildman–Crippen MR) is 131 cm³/mol. The average Bonchev–Trinajstić information content (AvgIpc) is 2.81. The number of alkyl carbamates (subject to hydrolysis) is 1. The molecule has 2 unspecified atom stereocenters. The molecule has 0 spiro atoms. The van der Waals surface area contributed by atoms with Crippen LogP contribution in [-0.2, 0) is 23.9 Å². The van der Waals surface area contributed by atoms with E-state index in [2.05, 4.69) is 21.9 Å². The number of hydrogen-bond acceptors (Lipinski definition) is 7. The van der Waals surface area contributed by atoms with Gasteiger partial charge in [-0.1, -0.05) is 44.2 Å². The molecular formula is C25H37N3O7. The van der Waals surface area contributed by atoms with E-state index in [9.17, 15) is 24.3 Å². The summed E-state index contributed by atoms with van der Waals surface area (Å²) >= 11 is 0. The third kappa shape index (κ3) is 9.78. The third-order valence-electron chi connectivity index (χ3n) is 4.86. The molecule has 1 aromatic rings. The van der Waals surface area contributed by atoms with Gasteiger partial charge in [0, 0.05) is 6.54 Å². The highest BCUT2D eigenvalue weighted by Crippen LogP contribution is 2.24. The first kappa shape index (κ1) is 29.6. The van der Waals surface area contributed by atoms with Crippen molar-refractivity contribution in [3.8, 4) is 0 Å². The van der Waals surface area contributed by atoms with E-state index in [-0.39, 0.29) is 13.1 Å². The second-order valence-corrected chi connectivity index (χ2v) is 8.84. The molecule has 35 heavy (non-hydrogen) atoms. The maximum Gasteiger partial charge on any atom is 0.408 e. The van der Waals surface area contributed by atoms with Gasteiger partial charge in [0.15, 0.2) is 0 Å². The zero-order chi connectivity index (χ0) is 26.6. The Morgan fingerprint density at radius 3 is 2.46 bits per heavy atom. The summed E-state index contributed by atoms with van der Waals surface area (Å²) in [4.78, 5) is 52.0. The largest absolute Gasteiger partial charge is 0.468 e. The topological polar surface area (TPSA) is 134 Å². The zero-order valence-electron chi connectivity index (χ0n) is 21.1. The second kappa shape index (κ2) is 14.1. The lowest BCUT2D eigenvalue weighted by Gasteiger charge is -2.34. The van der Waals surface area contributed by atoms with Crippen LogP contribution in [0.3, 0.4) is 0 Å². The molecule has 194 valence electrons. The molecular weight excluding hydrogens is 454 g/mol. The van der Waals surface area contributed by atoms with Crippen molar-refractivity contribution in [2.75, 3.05) is 26.8 Å². The van der Waals surface area contributed by atoms with Crippen LogP contribution in [0.5, 0.6) is 0 Å². The Kier molecular flexibility index (Phi) is 11.9. The smallest absolute Gasteiger partial charge is 0.408 e. The summed E-state index contributed by atoms with van der Waals surface area (Å²) in [5.74, 6) is -1.94. The molecule has 0 heterocycles. The van der Waals surface area contributed by atoms with Gasteiger partial charge in [-0.3, -0.25) is 14.4 Å². The molecule has 0 fully saturated rings. The summed E-state index contributed by atoms with van der Waals surface area (Å²) in [6.45, 7) is 9.75. The molecule has 0 aliphatic rings. The van der Waals surface area contributed by atoms with Crippen LogP contribution in [0.4, 0.5) is 4.79 Å². The number of amides is 3. The number of aliphatic hydroxyl groups excluding tert-OH is 1. The number of nitrogens with one attached hydrogen (secondary N) is 2. The molecule has 3 N–H and O–H groups in total. The minimum Gasteiger partial charge on any atom is -0.468 e. The second-order valence-electron chi connectivity index (χ2n) is 8.84. The van der Waals surface area contributed by atoms with Crippen molar-refractivity contribution in [2.24, 2.45) is 0 Å². The van der Waals surface area contributed by atoms with E-state index >= 15 is 0 Å². The van der Waals surface area contributed by atoms with E-state index in [1.165, 1.54) is 12.0 Å². The van der Waals surface area contributed by atoms with Crippen LogP contribution >= 0.6 is 0 Å². The van der Waals surface area contributed by atoms with Crippen LogP contribution < -0.4 is 10.6 Å². The number of nitrogens with zero attached hydrogens (tertiary/aromatic N) is 1. The SMILES string of the molecule is C=Cc1cccc(C(C(=O)NCC(=O)OC)N(CCCC)C(=O)C(CO)NC(=O)OC(C)(C)C)c1. The number of hydrogen-bond donors (Lipinski definition) is 3. The number of rotatable bonds is 12. The first-order valence-electron chi connectivity index (χ1n) is 11.4. The number of ether oxygens (including phenoxy) is 2. The molecule has 10 heteroatoms.